The van der Waals surface area contributed by atoms with E-state index in [-0.39, 0.29) is 33.3 Å². The summed E-state index contributed by atoms with van der Waals surface area (Å²) in [7, 11) is -4.66. The number of sulfonamides is 1. The van der Waals surface area contributed by atoms with Crippen molar-refractivity contribution in [1.29, 1.82) is 0 Å². The Morgan fingerprint density at radius 2 is 1.71 bits per heavy atom. The van der Waals surface area contributed by atoms with Crippen LogP contribution < -0.4 is 14.8 Å². The molecule has 1 fully saturated rings. The predicted octanol–water partition coefficient (Wildman–Crippen LogP) is 7.04. The fraction of sp³-hybridized carbons (Fsp3) is 0.259. The Bertz CT molecular complexity index is 1680. The lowest BCUT2D eigenvalue weighted by Crippen LogP contribution is -2.50. The summed E-state index contributed by atoms with van der Waals surface area (Å²) in [5.74, 6) is -3.36. The fourth-order valence-corrected chi connectivity index (χ4v) is 6.01. The van der Waals surface area contributed by atoms with Crippen LogP contribution in [0.1, 0.15) is 47.7 Å². The van der Waals surface area contributed by atoms with Crippen molar-refractivity contribution in [3.63, 3.8) is 0 Å². The van der Waals surface area contributed by atoms with Crippen LogP contribution in [-0.4, -0.2) is 30.9 Å². The molecule has 0 heterocycles. The minimum atomic E-state index is -4.77. The summed E-state index contributed by atoms with van der Waals surface area (Å²) < 4.78 is 88.1. The third kappa shape index (κ3) is 7.08. The van der Waals surface area contributed by atoms with Gasteiger partial charge in [-0.2, -0.15) is 13.2 Å². The lowest BCUT2D eigenvalue weighted by atomic mass is 9.78. The first-order chi connectivity index (χ1) is 19.5. The van der Waals surface area contributed by atoms with Crippen molar-refractivity contribution in [3.8, 4) is 11.5 Å². The zero-order chi connectivity index (χ0) is 31.0. The molecule has 0 atom stereocenters. The van der Waals surface area contributed by atoms with Crippen LogP contribution in [-0.2, 0) is 27.4 Å². The molecule has 3 aromatic rings. The van der Waals surface area contributed by atoms with E-state index in [1.807, 2.05) is 6.92 Å². The molecular formula is C27H22Cl2F4N2O6S. The molecule has 3 aromatic carbocycles. The van der Waals surface area contributed by atoms with Crippen LogP contribution >= 0.6 is 23.2 Å². The number of anilines is 1. The van der Waals surface area contributed by atoms with E-state index in [0.717, 1.165) is 37.5 Å². The average molecular weight is 649 g/mol. The number of carboxylic acid groups (broad SMARTS) is 1. The standard InChI is InChI=1S/C27H22Cl2F4N2O6S/c1-26(7-2-8-26)34-25(38)14-3-5-21(41-22-13-19(30)15(9-17(22)28)11-24(36)37)20(10-14)35-42(39,40)23-6-4-16(12-18(23)29)27(31,32)33/h3-6,9-10,12-13,35H,2,7-8,11H2,1H3,(H,34,38)(H,36,37). The van der Waals surface area contributed by atoms with Crippen molar-refractivity contribution >= 4 is 50.8 Å². The topological polar surface area (TPSA) is 122 Å². The van der Waals surface area contributed by atoms with Crippen LogP contribution in [0, 0.1) is 5.82 Å². The van der Waals surface area contributed by atoms with Crippen LogP contribution in [0.5, 0.6) is 11.5 Å². The second-order valence-corrected chi connectivity index (χ2v) is 12.3. The van der Waals surface area contributed by atoms with E-state index in [0.29, 0.717) is 18.2 Å². The number of carbonyl (C=O) groups excluding carboxylic acids is 1. The van der Waals surface area contributed by atoms with Gasteiger partial charge in [0.05, 0.1) is 27.7 Å². The number of hydrogen-bond acceptors (Lipinski definition) is 5. The molecular weight excluding hydrogens is 627 g/mol. The van der Waals surface area contributed by atoms with E-state index in [4.69, 9.17) is 33.0 Å². The second kappa shape index (κ2) is 11.6. The minimum absolute atomic E-state index is 0.0146. The first-order valence-electron chi connectivity index (χ1n) is 12.2. The van der Waals surface area contributed by atoms with E-state index in [9.17, 15) is 35.6 Å². The summed E-state index contributed by atoms with van der Waals surface area (Å²) in [6, 6.07) is 7.18. The van der Waals surface area contributed by atoms with E-state index in [1.165, 1.54) is 12.1 Å². The third-order valence-electron chi connectivity index (χ3n) is 6.57. The number of nitrogens with one attached hydrogen (secondary N) is 2. The van der Waals surface area contributed by atoms with Gasteiger partial charge in [-0.3, -0.25) is 14.3 Å². The fourth-order valence-electron chi connectivity index (χ4n) is 4.18. The Morgan fingerprint density at radius 1 is 1.02 bits per heavy atom. The Kier molecular flexibility index (Phi) is 8.68. The van der Waals surface area contributed by atoms with Crippen molar-refractivity contribution in [3.05, 3.63) is 81.1 Å². The highest BCUT2D eigenvalue weighted by atomic mass is 35.5. The normalized spacial score (nSPS) is 14.5. The van der Waals surface area contributed by atoms with Gasteiger partial charge in [-0.15, -0.1) is 0 Å². The molecule has 4 rings (SSSR count). The number of carboxylic acids is 1. The van der Waals surface area contributed by atoms with Gasteiger partial charge in [0.2, 0.25) is 0 Å². The van der Waals surface area contributed by atoms with Gasteiger partial charge in [-0.05, 0) is 68.7 Å². The summed E-state index contributed by atoms with van der Waals surface area (Å²) in [6.07, 6.45) is -3.02. The van der Waals surface area contributed by atoms with Crippen molar-refractivity contribution < 1.29 is 45.4 Å². The van der Waals surface area contributed by atoms with Gasteiger partial charge in [0.15, 0.2) is 5.75 Å². The smallest absolute Gasteiger partial charge is 0.416 e. The van der Waals surface area contributed by atoms with Gasteiger partial charge in [0.1, 0.15) is 16.5 Å². The number of aliphatic carboxylic acids is 1. The van der Waals surface area contributed by atoms with Gasteiger partial charge in [-0.1, -0.05) is 23.2 Å². The molecule has 3 N–H and O–H groups in total. The lowest BCUT2D eigenvalue weighted by Gasteiger charge is -2.39. The highest BCUT2D eigenvalue weighted by molar-refractivity contribution is 7.92. The van der Waals surface area contributed by atoms with Crippen molar-refractivity contribution in [2.75, 3.05) is 4.72 Å². The van der Waals surface area contributed by atoms with Crippen LogP contribution in [0.25, 0.3) is 0 Å². The summed E-state index contributed by atoms with van der Waals surface area (Å²) in [4.78, 5) is 23.2. The molecule has 0 saturated heterocycles. The molecule has 0 spiro atoms. The molecule has 1 aliphatic carbocycles. The predicted molar refractivity (Wildman–Crippen MR) is 146 cm³/mol. The molecule has 0 radical (unpaired) electrons. The van der Waals surface area contributed by atoms with Crippen LogP contribution in [0.2, 0.25) is 10.0 Å². The number of carbonyl (C=O) groups is 2. The van der Waals surface area contributed by atoms with Gasteiger partial charge < -0.3 is 15.2 Å². The van der Waals surface area contributed by atoms with E-state index in [1.54, 1.807) is 0 Å². The maximum atomic E-state index is 14.6. The zero-order valence-electron chi connectivity index (χ0n) is 21.6. The van der Waals surface area contributed by atoms with Gasteiger partial charge in [0.25, 0.3) is 15.9 Å². The maximum Gasteiger partial charge on any atom is 0.416 e. The molecule has 1 amide bonds. The van der Waals surface area contributed by atoms with Crippen LogP contribution in [0.3, 0.4) is 0 Å². The number of amides is 1. The number of halogens is 6. The van der Waals surface area contributed by atoms with E-state index in [2.05, 4.69) is 10.0 Å². The Labute approximate surface area is 247 Å². The number of ether oxygens (including phenoxy) is 1. The van der Waals surface area contributed by atoms with Crippen molar-refractivity contribution in [2.45, 2.75) is 49.2 Å². The largest absolute Gasteiger partial charge is 0.481 e. The first-order valence-corrected chi connectivity index (χ1v) is 14.4. The monoisotopic (exact) mass is 648 g/mol. The summed E-state index contributed by atoms with van der Waals surface area (Å²) in [5, 5.41) is 10.9. The first kappa shape index (κ1) is 31.4. The highest BCUT2D eigenvalue weighted by Gasteiger charge is 2.34. The molecule has 1 aliphatic rings. The summed E-state index contributed by atoms with van der Waals surface area (Å²) >= 11 is 12.1. The number of benzene rings is 3. The minimum Gasteiger partial charge on any atom is -0.481 e. The van der Waals surface area contributed by atoms with Crippen LogP contribution in [0.4, 0.5) is 23.2 Å². The van der Waals surface area contributed by atoms with Gasteiger partial charge in [0, 0.05) is 22.7 Å². The summed E-state index contributed by atoms with van der Waals surface area (Å²) in [5.41, 5.74) is -2.16. The highest BCUT2D eigenvalue weighted by Crippen LogP contribution is 2.39. The number of hydrogen-bond donors (Lipinski definition) is 3. The van der Waals surface area contributed by atoms with Crippen molar-refractivity contribution in [1.82, 2.24) is 5.32 Å². The molecule has 0 unspecified atom stereocenters. The quantitative estimate of drug-likeness (QED) is 0.214. The number of rotatable bonds is 9. The third-order valence-corrected chi connectivity index (χ3v) is 8.71. The van der Waals surface area contributed by atoms with Crippen molar-refractivity contribution in [2.24, 2.45) is 0 Å². The van der Waals surface area contributed by atoms with E-state index >= 15 is 0 Å². The maximum absolute atomic E-state index is 14.6. The molecule has 0 aliphatic heterocycles. The molecule has 15 heteroatoms. The Morgan fingerprint density at radius 3 is 2.29 bits per heavy atom. The zero-order valence-corrected chi connectivity index (χ0v) is 23.9. The van der Waals surface area contributed by atoms with Gasteiger partial charge in [-0.25, -0.2) is 12.8 Å². The molecule has 0 bridgehead atoms. The van der Waals surface area contributed by atoms with Crippen LogP contribution in [0.15, 0.2) is 53.4 Å². The SMILES string of the molecule is CC1(NC(=O)c2ccc(Oc3cc(F)c(CC(=O)O)cc3Cl)c(NS(=O)(=O)c3ccc(C(F)(F)F)cc3Cl)c2)CCC1. The molecule has 1 saturated carbocycles. The summed E-state index contributed by atoms with van der Waals surface area (Å²) in [6.45, 7) is 1.85. The number of alkyl halides is 3. The second-order valence-electron chi connectivity index (χ2n) is 9.87. The average Bonchev–Trinajstić information content (AvgIpc) is 2.85. The lowest BCUT2D eigenvalue weighted by molar-refractivity contribution is -0.138. The Balaban J connectivity index is 1.73. The molecule has 224 valence electrons. The molecule has 0 aromatic heterocycles. The Hall–Kier alpha value is -3.55. The molecule has 8 nitrogen and oxygen atoms in total. The molecule has 42 heavy (non-hydrogen) atoms. The van der Waals surface area contributed by atoms with E-state index < -0.39 is 61.3 Å². The van der Waals surface area contributed by atoms with Gasteiger partial charge >= 0.3 is 12.1 Å².